The summed E-state index contributed by atoms with van der Waals surface area (Å²) in [5.74, 6) is 1.44. The summed E-state index contributed by atoms with van der Waals surface area (Å²) in [6.07, 6.45) is 0.0664. The van der Waals surface area contributed by atoms with Crippen molar-refractivity contribution >= 4 is 11.7 Å². The molecule has 2 amide bonds. The number of carbonyl (C=O) groups is 1. The van der Waals surface area contributed by atoms with E-state index < -0.39 is 12.1 Å². The van der Waals surface area contributed by atoms with Crippen LogP contribution in [0.4, 0.5) is 10.5 Å². The lowest BCUT2D eigenvalue weighted by molar-refractivity contribution is 0.175. The lowest BCUT2D eigenvalue weighted by atomic mass is 10.0. The van der Waals surface area contributed by atoms with Crippen molar-refractivity contribution in [1.29, 1.82) is 0 Å². The number of fused-ring (bicyclic) bond motifs is 1. The highest BCUT2D eigenvalue weighted by Crippen LogP contribution is 2.28. The van der Waals surface area contributed by atoms with Gasteiger partial charge in [-0.3, -0.25) is 0 Å². The lowest BCUT2D eigenvalue weighted by Crippen LogP contribution is -2.32. The number of para-hydroxylation sites is 2. The number of aliphatic hydroxyl groups excluding tert-OH is 1. The second kappa shape index (κ2) is 7.23. The van der Waals surface area contributed by atoms with E-state index in [1.54, 1.807) is 25.3 Å². The molecule has 1 aliphatic heterocycles. The van der Waals surface area contributed by atoms with Gasteiger partial charge in [-0.15, -0.1) is 0 Å². The topological polar surface area (TPSA) is 79.8 Å². The van der Waals surface area contributed by atoms with Gasteiger partial charge in [0.25, 0.3) is 0 Å². The first-order valence-electron chi connectivity index (χ1n) is 7.79. The van der Waals surface area contributed by atoms with Crippen LogP contribution in [-0.2, 0) is 6.42 Å². The molecular weight excluding hydrogens is 308 g/mol. The number of methoxy groups -OCH3 is 1. The van der Waals surface area contributed by atoms with Gasteiger partial charge in [0.2, 0.25) is 0 Å². The Kier molecular flexibility index (Phi) is 4.86. The molecule has 0 saturated heterocycles. The maximum absolute atomic E-state index is 12.0. The van der Waals surface area contributed by atoms with Crippen molar-refractivity contribution in [3.63, 3.8) is 0 Å². The Balaban J connectivity index is 1.56. The molecule has 1 unspecified atom stereocenters. The van der Waals surface area contributed by atoms with E-state index in [0.29, 0.717) is 18.0 Å². The average molecular weight is 328 g/mol. The van der Waals surface area contributed by atoms with Crippen molar-refractivity contribution in [2.45, 2.75) is 12.5 Å². The van der Waals surface area contributed by atoms with Crippen LogP contribution in [0, 0.1) is 0 Å². The number of anilines is 1. The molecular formula is C18H20N2O4. The van der Waals surface area contributed by atoms with Gasteiger partial charge >= 0.3 is 6.03 Å². The quantitative estimate of drug-likeness (QED) is 0.788. The zero-order valence-electron chi connectivity index (χ0n) is 13.4. The number of carbonyl (C=O) groups excluding carboxylic acids is 1. The molecule has 3 rings (SSSR count). The van der Waals surface area contributed by atoms with Gasteiger partial charge in [-0.25, -0.2) is 4.79 Å². The summed E-state index contributed by atoms with van der Waals surface area (Å²) in [4.78, 5) is 12.0. The van der Waals surface area contributed by atoms with Crippen LogP contribution in [0.25, 0.3) is 0 Å². The Morgan fingerprint density at radius 1 is 1.33 bits per heavy atom. The van der Waals surface area contributed by atoms with Gasteiger partial charge in [-0.1, -0.05) is 18.2 Å². The first-order valence-corrected chi connectivity index (χ1v) is 7.79. The molecule has 0 saturated carbocycles. The highest BCUT2D eigenvalue weighted by molar-refractivity contribution is 5.90. The van der Waals surface area contributed by atoms with E-state index in [0.717, 1.165) is 23.3 Å². The normalized spacial score (nSPS) is 13.6. The molecule has 1 atom stereocenters. The molecule has 2 aromatic rings. The number of hydrogen-bond acceptors (Lipinski definition) is 4. The van der Waals surface area contributed by atoms with Crippen molar-refractivity contribution in [3.8, 4) is 11.5 Å². The van der Waals surface area contributed by atoms with E-state index in [-0.39, 0.29) is 6.54 Å². The molecule has 0 aromatic heterocycles. The number of rotatable bonds is 5. The molecule has 0 radical (unpaired) electrons. The number of hydrogen-bond donors (Lipinski definition) is 3. The predicted octanol–water partition coefficient (Wildman–Crippen LogP) is 2.49. The fourth-order valence-electron chi connectivity index (χ4n) is 2.64. The van der Waals surface area contributed by atoms with Gasteiger partial charge < -0.3 is 25.2 Å². The maximum atomic E-state index is 12.0. The van der Waals surface area contributed by atoms with Crippen LogP contribution >= 0.6 is 0 Å². The fraction of sp³-hybridized carbons (Fsp3) is 0.278. The van der Waals surface area contributed by atoms with Crippen LogP contribution in [0.1, 0.15) is 17.2 Å². The molecule has 6 heteroatoms. The first kappa shape index (κ1) is 16.1. The fourth-order valence-corrected chi connectivity index (χ4v) is 2.64. The summed E-state index contributed by atoms with van der Waals surface area (Å²) >= 11 is 0. The van der Waals surface area contributed by atoms with Crippen LogP contribution in [0.5, 0.6) is 11.5 Å². The van der Waals surface area contributed by atoms with Crippen LogP contribution in [0.2, 0.25) is 0 Å². The van der Waals surface area contributed by atoms with E-state index >= 15 is 0 Å². The van der Waals surface area contributed by atoms with Crippen molar-refractivity contribution in [1.82, 2.24) is 5.32 Å². The van der Waals surface area contributed by atoms with Crippen molar-refractivity contribution < 1.29 is 19.4 Å². The Morgan fingerprint density at radius 2 is 2.17 bits per heavy atom. The summed E-state index contributed by atoms with van der Waals surface area (Å²) in [6, 6.07) is 12.3. The molecule has 2 aromatic carbocycles. The van der Waals surface area contributed by atoms with E-state index in [1.807, 2.05) is 24.3 Å². The van der Waals surface area contributed by atoms with Crippen molar-refractivity contribution in [2.75, 3.05) is 25.6 Å². The lowest BCUT2D eigenvalue weighted by Gasteiger charge is -2.15. The molecule has 1 heterocycles. The van der Waals surface area contributed by atoms with Crippen LogP contribution < -0.4 is 20.1 Å². The Labute approximate surface area is 140 Å². The van der Waals surface area contributed by atoms with Crippen LogP contribution in [-0.4, -0.2) is 31.4 Å². The second-order valence-corrected chi connectivity index (χ2v) is 5.52. The van der Waals surface area contributed by atoms with E-state index in [1.165, 1.54) is 0 Å². The molecule has 1 aliphatic rings. The molecule has 3 N–H and O–H groups in total. The largest absolute Gasteiger partial charge is 0.495 e. The van der Waals surface area contributed by atoms with Gasteiger partial charge in [0.1, 0.15) is 11.5 Å². The summed E-state index contributed by atoms with van der Waals surface area (Å²) in [5.41, 5.74) is 2.42. The molecule has 126 valence electrons. The minimum Gasteiger partial charge on any atom is -0.495 e. The SMILES string of the molecule is COc1ccccc1NC(=O)NCC(O)c1ccc2c(c1)CCO2. The van der Waals surface area contributed by atoms with Gasteiger partial charge in [0.15, 0.2) is 0 Å². The van der Waals surface area contributed by atoms with Crippen LogP contribution in [0.3, 0.4) is 0 Å². The number of ether oxygens (including phenoxy) is 2. The van der Waals surface area contributed by atoms with E-state index in [4.69, 9.17) is 9.47 Å². The highest BCUT2D eigenvalue weighted by Gasteiger charge is 2.16. The minimum atomic E-state index is -0.778. The molecule has 0 aliphatic carbocycles. The Bertz CT molecular complexity index is 733. The number of nitrogens with one attached hydrogen (secondary N) is 2. The molecule has 6 nitrogen and oxygen atoms in total. The Morgan fingerprint density at radius 3 is 3.00 bits per heavy atom. The molecule has 0 bridgehead atoms. The van der Waals surface area contributed by atoms with Crippen molar-refractivity contribution in [2.24, 2.45) is 0 Å². The average Bonchev–Trinajstić information content (AvgIpc) is 3.07. The number of amides is 2. The Hall–Kier alpha value is -2.73. The zero-order chi connectivity index (χ0) is 16.9. The van der Waals surface area contributed by atoms with Crippen LogP contribution in [0.15, 0.2) is 42.5 Å². The summed E-state index contributed by atoms with van der Waals surface area (Å²) < 4.78 is 10.6. The third-order valence-electron chi connectivity index (χ3n) is 3.91. The maximum Gasteiger partial charge on any atom is 0.319 e. The molecule has 0 fully saturated rings. The van der Waals surface area contributed by atoms with E-state index in [9.17, 15) is 9.90 Å². The van der Waals surface area contributed by atoms with Gasteiger partial charge in [-0.05, 0) is 35.4 Å². The molecule has 0 spiro atoms. The van der Waals surface area contributed by atoms with E-state index in [2.05, 4.69) is 10.6 Å². The second-order valence-electron chi connectivity index (χ2n) is 5.52. The predicted molar refractivity (Wildman–Crippen MR) is 90.6 cm³/mol. The monoisotopic (exact) mass is 328 g/mol. The molecule has 24 heavy (non-hydrogen) atoms. The summed E-state index contributed by atoms with van der Waals surface area (Å²) in [6.45, 7) is 0.787. The standard InChI is InChI=1S/C18H20N2O4/c1-23-17-5-3-2-4-14(17)20-18(22)19-11-15(21)12-6-7-16-13(10-12)8-9-24-16/h2-7,10,15,21H,8-9,11H2,1H3,(H2,19,20,22). The smallest absolute Gasteiger partial charge is 0.319 e. The summed E-state index contributed by atoms with van der Waals surface area (Å²) in [7, 11) is 1.54. The zero-order valence-corrected chi connectivity index (χ0v) is 13.4. The van der Waals surface area contributed by atoms with Gasteiger partial charge in [-0.2, -0.15) is 0 Å². The summed E-state index contributed by atoms with van der Waals surface area (Å²) in [5, 5.41) is 15.6. The highest BCUT2D eigenvalue weighted by atomic mass is 16.5. The number of aliphatic hydroxyl groups is 1. The number of benzene rings is 2. The van der Waals surface area contributed by atoms with Gasteiger partial charge in [0.05, 0.1) is 25.5 Å². The third-order valence-corrected chi connectivity index (χ3v) is 3.91. The number of urea groups is 1. The first-order chi connectivity index (χ1) is 11.7. The van der Waals surface area contributed by atoms with Crippen molar-refractivity contribution in [3.05, 3.63) is 53.6 Å². The third kappa shape index (κ3) is 3.60. The van der Waals surface area contributed by atoms with Gasteiger partial charge in [0, 0.05) is 13.0 Å². The minimum absolute atomic E-state index is 0.112.